The number of amides is 1. The zero-order valence-electron chi connectivity index (χ0n) is 11.1. The number of carbonyl (C=O) groups is 1. The number of carbonyl (C=O) groups excluding carboxylic acids is 1. The number of unbranched alkanes of at least 4 members (excludes halogenated alkanes) is 1. The number of hydrogen-bond acceptors (Lipinski definition) is 1. The molecule has 0 radical (unpaired) electrons. The fourth-order valence-corrected chi connectivity index (χ4v) is 1.83. The van der Waals surface area contributed by atoms with Crippen LogP contribution in [-0.4, -0.2) is 23.9 Å². The summed E-state index contributed by atoms with van der Waals surface area (Å²) < 4.78 is 0. The number of benzene rings is 1. The first-order valence-corrected chi connectivity index (χ1v) is 6.49. The standard InChI is InChI=1S/C15H23NO/c1-4-5-11-16(12-13(2)3)15(17)14-9-7-6-8-10-14/h6-10,13H,4-5,11-12H2,1-3H3. The molecule has 17 heavy (non-hydrogen) atoms. The van der Waals surface area contributed by atoms with Crippen LogP contribution in [-0.2, 0) is 0 Å². The van der Waals surface area contributed by atoms with Crippen LogP contribution >= 0.6 is 0 Å². The van der Waals surface area contributed by atoms with Crippen LogP contribution in [0, 0.1) is 5.92 Å². The van der Waals surface area contributed by atoms with Gasteiger partial charge in [-0.2, -0.15) is 0 Å². The summed E-state index contributed by atoms with van der Waals surface area (Å²) in [6.07, 6.45) is 2.20. The second-order valence-corrected chi connectivity index (χ2v) is 4.86. The zero-order valence-corrected chi connectivity index (χ0v) is 11.1. The van der Waals surface area contributed by atoms with E-state index in [0.717, 1.165) is 31.5 Å². The molecule has 0 unspecified atom stereocenters. The maximum atomic E-state index is 12.3. The molecule has 1 aromatic rings. The predicted molar refractivity (Wildman–Crippen MR) is 72.1 cm³/mol. The van der Waals surface area contributed by atoms with E-state index in [9.17, 15) is 4.79 Å². The molecule has 1 aromatic carbocycles. The summed E-state index contributed by atoms with van der Waals surface area (Å²) in [7, 11) is 0. The molecule has 0 aliphatic rings. The third-order valence-corrected chi connectivity index (χ3v) is 2.68. The minimum absolute atomic E-state index is 0.160. The molecule has 0 saturated carbocycles. The van der Waals surface area contributed by atoms with E-state index in [-0.39, 0.29) is 5.91 Å². The molecule has 0 heterocycles. The van der Waals surface area contributed by atoms with E-state index in [1.807, 2.05) is 35.2 Å². The summed E-state index contributed by atoms with van der Waals surface area (Å²) >= 11 is 0. The Morgan fingerprint density at radius 1 is 1.24 bits per heavy atom. The monoisotopic (exact) mass is 233 g/mol. The van der Waals surface area contributed by atoms with Crippen molar-refractivity contribution in [3.8, 4) is 0 Å². The van der Waals surface area contributed by atoms with Crippen molar-refractivity contribution in [2.45, 2.75) is 33.6 Å². The lowest BCUT2D eigenvalue weighted by Crippen LogP contribution is -2.35. The van der Waals surface area contributed by atoms with Crippen LogP contribution in [0.4, 0.5) is 0 Å². The number of rotatable bonds is 6. The quantitative estimate of drug-likeness (QED) is 0.735. The summed E-state index contributed by atoms with van der Waals surface area (Å²) in [6, 6.07) is 9.56. The summed E-state index contributed by atoms with van der Waals surface area (Å²) in [6.45, 7) is 8.16. The Morgan fingerprint density at radius 3 is 2.41 bits per heavy atom. The molecule has 0 aromatic heterocycles. The van der Waals surface area contributed by atoms with Crippen LogP contribution in [0.5, 0.6) is 0 Å². The van der Waals surface area contributed by atoms with Gasteiger partial charge in [-0.05, 0) is 24.5 Å². The number of nitrogens with zero attached hydrogens (tertiary/aromatic N) is 1. The summed E-state index contributed by atoms with van der Waals surface area (Å²) in [4.78, 5) is 14.3. The van der Waals surface area contributed by atoms with Crippen molar-refractivity contribution < 1.29 is 4.79 Å². The normalized spacial score (nSPS) is 10.6. The first-order chi connectivity index (χ1) is 8.15. The average molecular weight is 233 g/mol. The molecule has 94 valence electrons. The first-order valence-electron chi connectivity index (χ1n) is 6.49. The highest BCUT2D eigenvalue weighted by Gasteiger charge is 2.15. The van der Waals surface area contributed by atoms with E-state index >= 15 is 0 Å². The van der Waals surface area contributed by atoms with E-state index in [2.05, 4.69) is 20.8 Å². The molecular formula is C15H23NO. The highest BCUT2D eigenvalue weighted by Crippen LogP contribution is 2.08. The summed E-state index contributed by atoms with van der Waals surface area (Å²) in [5, 5.41) is 0. The van der Waals surface area contributed by atoms with Gasteiger partial charge in [-0.25, -0.2) is 0 Å². The van der Waals surface area contributed by atoms with E-state index < -0.39 is 0 Å². The van der Waals surface area contributed by atoms with Crippen LogP contribution in [0.15, 0.2) is 30.3 Å². The van der Waals surface area contributed by atoms with Crippen molar-refractivity contribution in [3.05, 3.63) is 35.9 Å². The summed E-state index contributed by atoms with van der Waals surface area (Å²) in [5.74, 6) is 0.673. The topological polar surface area (TPSA) is 20.3 Å². The van der Waals surface area contributed by atoms with Gasteiger partial charge in [-0.3, -0.25) is 4.79 Å². The molecular weight excluding hydrogens is 210 g/mol. The lowest BCUT2D eigenvalue weighted by atomic mass is 10.1. The SMILES string of the molecule is CCCCN(CC(C)C)C(=O)c1ccccc1. The van der Waals surface area contributed by atoms with E-state index in [0.29, 0.717) is 5.92 Å². The van der Waals surface area contributed by atoms with Gasteiger partial charge in [-0.15, -0.1) is 0 Å². The number of hydrogen-bond donors (Lipinski definition) is 0. The molecule has 0 fully saturated rings. The molecule has 0 bridgehead atoms. The molecule has 0 atom stereocenters. The molecule has 0 aliphatic heterocycles. The van der Waals surface area contributed by atoms with Crippen LogP contribution in [0.2, 0.25) is 0 Å². The van der Waals surface area contributed by atoms with Crippen LogP contribution in [0.3, 0.4) is 0 Å². The third kappa shape index (κ3) is 4.59. The predicted octanol–water partition coefficient (Wildman–Crippen LogP) is 3.58. The van der Waals surface area contributed by atoms with Gasteiger partial charge in [0.05, 0.1) is 0 Å². The minimum atomic E-state index is 0.160. The smallest absolute Gasteiger partial charge is 0.253 e. The van der Waals surface area contributed by atoms with Gasteiger partial charge >= 0.3 is 0 Å². The minimum Gasteiger partial charge on any atom is -0.338 e. The average Bonchev–Trinajstić information content (AvgIpc) is 2.34. The van der Waals surface area contributed by atoms with Gasteiger partial charge in [0.1, 0.15) is 0 Å². The van der Waals surface area contributed by atoms with Crippen molar-refractivity contribution in [3.63, 3.8) is 0 Å². The fraction of sp³-hybridized carbons (Fsp3) is 0.533. The second-order valence-electron chi connectivity index (χ2n) is 4.86. The molecule has 0 spiro atoms. The van der Waals surface area contributed by atoms with E-state index in [1.165, 1.54) is 0 Å². The Hall–Kier alpha value is -1.31. The van der Waals surface area contributed by atoms with E-state index in [1.54, 1.807) is 0 Å². The molecule has 2 heteroatoms. The van der Waals surface area contributed by atoms with Gasteiger partial charge in [0.15, 0.2) is 0 Å². The Bertz CT molecular complexity index is 332. The highest BCUT2D eigenvalue weighted by molar-refractivity contribution is 5.94. The molecule has 0 saturated heterocycles. The van der Waals surface area contributed by atoms with Crippen molar-refractivity contribution in [2.24, 2.45) is 5.92 Å². The van der Waals surface area contributed by atoms with Crippen molar-refractivity contribution in [1.82, 2.24) is 4.90 Å². The molecule has 2 nitrogen and oxygen atoms in total. The summed E-state index contributed by atoms with van der Waals surface area (Å²) in [5.41, 5.74) is 0.796. The Labute approximate surface area is 105 Å². The van der Waals surface area contributed by atoms with Gasteiger partial charge in [0, 0.05) is 18.7 Å². The lowest BCUT2D eigenvalue weighted by molar-refractivity contribution is 0.0733. The van der Waals surface area contributed by atoms with Crippen molar-refractivity contribution >= 4 is 5.91 Å². The van der Waals surface area contributed by atoms with Crippen LogP contribution < -0.4 is 0 Å². The third-order valence-electron chi connectivity index (χ3n) is 2.68. The Morgan fingerprint density at radius 2 is 1.88 bits per heavy atom. The largest absolute Gasteiger partial charge is 0.338 e. The maximum absolute atomic E-state index is 12.3. The van der Waals surface area contributed by atoms with Crippen LogP contribution in [0.1, 0.15) is 44.0 Å². The van der Waals surface area contributed by atoms with Gasteiger partial charge in [-0.1, -0.05) is 45.4 Å². The Kier molecular flexibility index (Phi) is 5.75. The zero-order chi connectivity index (χ0) is 12.7. The highest BCUT2D eigenvalue weighted by atomic mass is 16.2. The molecule has 0 aliphatic carbocycles. The lowest BCUT2D eigenvalue weighted by Gasteiger charge is -2.24. The van der Waals surface area contributed by atoms with Crippen LogP contribution in [0.25, 0.3) is 0 Å². The second kappa shape index (κ2) is 7.10. The first kappa shape index (κ1) is 13.8. The molecule has 0 N–H and O–H groups in total. The van der Waals surface area contributed by atoms with Gasteiger partial charge in [0.25, 0.3) is 5.91 Å². The van der Waals surface area contributed by atoms with Crippen molar-refractivity contribution in [1.29, 1.82) is 0 Å². The van der Waals surface area contributed by atoms with E-state index in [4.69, 9.17) is 0 Å². The maximum Gasteiger partial charge on any atom is 0.253 e. The van der Waals surface area contributed by atoms with Gasteiger partial charge in [0.2, 0.25) is 0 Å². The molecule has 1 amide bonds. The molecule has 1 rings (SSSR count). The van der Waals surface area contributed by atoms with Crippen molar-refractivity contribution in [2.75, 3.05) is 13.1 Å². The van der Waals surface area contributed by atoms with Gasteiger partial charge < -0.3 is 4.90 Å². The fourth-order valence-electron chi connectivity index (χ4n) is 1.83. The Balaban J connectivity index is 2.71.